The molecule has 4 rings (SSSR count). The van der Waals surface area contributed by atoms with Gasteiger partial charge in [0.1, 0.15) is 0 Å². The Kier molecular flexibility index (Phi) is 5.86. The number of morpholine rings is 1. The van der Waals surface area contributed by atoms with Crippen molar-refractivity contribution >= 4 is 5.91 Å². The molecule has 2 saturated heterocycles. The molecule has 0 aromatic carbocycles. The van der Waals surface area contributed by atoms with Crippen LogP contribution in [0.25, 0.3) is 11.5 Å². The molecule has 8 heteroatoms. The summed E-state index contributed by atoms with van der Waals surface area (Å²) in [5.74, 6) is 0.924. The van der Waals surface area contributed by atoms with Crippen LogP contribution in [0.3, 0.4) is 0 Å². The fraction of sp³-hybridized carbons (Fsp3) is 0.579. The summed E-state index contributed by atoms with van der Waals surface area (Å²) in [5.41, 5.74) is 0.315. The Bertz CT molecular complexity index is 718. The standard InChI is InChI=1S/C19H25N3O5/c23-19(16-14-18(27-20-16)17-2-1-9-26-17)22(15-3-10-24-11-4-15)6-5-21-7-12-25-13-8-21/h1-2,9,14-15H,3-8,10-13H2. The minimum Gasteiger partial charge on any atom is -0.461 e. The van der Waals surface area contributed by atoms with Crippen molar-refractivity contribution in [2.24, 2.45) is 0 Å². The highest BCUT2D eigenvalue weighted by atomic mass is 16.5. The minimum atomic E-state index is -0.100. The van der Waals surface area contributed by atoms with Gasteiger partial charge in [-0.05, 0) is 25.0 Å². The molecule has 4 heterocycles. The first kappa shape index (κ1) is 18.2. The van der Waals surface area contributed by atoms with Gasteiger partial charge in [0.15, 0.2) is 11.5 Å². The fourth-order valence-electron chi connectivity index (χ4n) is 3.58. The monoisotopic (exact) mass is 375 g/mol. The summed E-state index contributed by atoms with van der Waals surface area (Å²) in [6.45, 7) is 6.17. The molecule has 27 heavy (non-hydrogen) atoms. The lowest BCUT2D eigenvalue weighted by Crippen LogP contribution is -2.48. The number of furan rings is 1. The van der Waals surface area contributed by atoms with Crippen LogP contribution in [0.1, 0.15) is 23.3 Å². The summed E-state index contributed by atoms with van der Waals surface area (Å²) in [5, 5.41) is 3.99. The molecular formula is C19H25N3O5. The quantitative estimate of drug-likeness (QED) is 0.762. The number of hydrogen-bond donors (Lipinski definition) is 0. The molecule has 2 aromatic rings. The van der Waals surface area contributed by atoms with E-state index in [4.69, 9.17) is 18.4 Å². The van der Waals surface area contributed by atoms with Gasteiger partial charge in [0.25, 0.3) is 5.91 Å². The van der Waals surface area contributed by atoms with Crippen LogP contribution in [0.2, 0.25) is 0 Å². The lowest BCUT2D eigenvalue weighted by Gasteiger charge is -2.36. The van der Waals surface area contributed by atoms with Crippen LogP contribution in [0.15, 0.2) is 33.4 Å². The van der Waals surface area contributed by atoms with Crippen molar-refractivity contribution in [1.82, 2.24) is 15.0 Å². The average Bonchev–Trinajstić information content (AvgIpc) is 3.41. The summed E-state index contributed by atoms with van der Waals surface area (Å²) in [6, 6.07) is 5.37. The molecule has 2 aliphatic heterocycles. The maximum absolute atomic E-state index is 13.2. The van der Waals surface area contributed by atoms with E-state index in [0.29, 0.717) is 37.0 Å². The van der Waals surface area contributed by atoms with Crippen LogP contribution < -0.4 is 0 Å². The molecule has 0 spiro atoms. The van der Waals surface area contributed by atoms with Gasteiger partial charge >= 0.3 is 0 Å². The van der Waals surface area contributed by atoms with E-state index in [0.717, 1.165) is 45.7 Å². The van der Waals surface area contributed by atoms with Crippen LogP contribution in [0.5, 0.6) is 0 Å². The topological polar surface area (TPSA) is 81.2 Å². The number of ether oxygens (including phenoxy) is 2. The van der Waals surface area contributed by atoms with Crippen molar-refractivity contribution in [2.75, 3.05) is 52.6 Å². The van der Waals surface area contributed by atoms with Crippen molar-refractivity contribution in [3.63, 3.8) is 0 Å². The highest BCUT2D eigenvalue weighted by Crippen LogP contribution is 2.23. The maximum Gasteiger partial charge on any atom is 0.276 e. The predicted molar refractivity (Wildman–Crippen MR) is 96.3 cm³/mol. The van der Waals surface area contributed by atoms with Gasteiger partial charge < -0.3 is 23.3 Å². The van der Waals surface area contributed by atoms with Gasteiger partial charge in [-0.15, -0.1) is 0 Å². The highest BCUT2D eigenvalue weighted by molar-refractivity contribution is 5.93. The predicted octanol–water partition coefficient (Wildman–Crippen LogP) is 1.89. The molecule has 2 aromatic heterocycles. The van der Waals surface area contributed by atoms with E-state index in [1.807, 2.05) is 4.90 Å². The molecule has 146 valence electrons. The highest BCUT2D eigenvalue weighted by Gasteiger charge is 2.29. The third-order valence-electron chi connectivity index (χ3n) is 5.15. The molecule has 1 amide bonds. The molecule has 0 radical (unpaired) electrons. The summed E-state index contributed by atoms with van der Waals surface area (Å²) in [7, 11) is 0. The number of carbonyl (C=O) groups is 1. The second-order valence-corrected chi connectivity index (χ2v) is 6.85. The number of rotatable bonds is 6. The van der Waals surface area contributed by atoms with Gasteiger partial charge in [-0.25, -0.2) is 0 Å². The van der Waals surface area contributed by atoms with Gasteiger partial charge in [0, 0.05) is 51.5 Å². The Morgan fingerprint density at radius 1 is 1.15 bits per heavy atom. The van der Waals surface area contributed by atoms with Crippen LogP contribution in [0, 0.1) is 0 Å². The first-order valence-electron chi connectivity index (χ1n) is 9.50. The number of aromatic nitrogens is 1. The summed E-state index contributed by atoms with van der Waals surface area (Å²) < 4.78 is 21.5. The van der Waals surface area contributed by atoms with Crippen molar-refractivity contribution in [3.8, 4) is 11.5 Å². The maximum atomic E-state index is 13.2. The van der Waals surface area contributed by atoms with Crippen molar-refractivity contribution in [2.45, 2.75) is 18.9 Å². The van der Waals surface area contributed by atoms with E-state index in [2.05, 4.69) is 10.1 Å². The second kappa shape index (κ2) is 8.69. The molecule has 0 saturated carbocycles. The zero-order valence-electron chi connectivity index (χ0n) is 15.3. The lowest BCUT2D eigenvalue weighted by atomic mass is 10.1. The van der Waals surface area contributed by atoms with E-state index in [1.165, 1.54) is 0 Å². The Morgan fingerprint density at radius 2 is 1.93 bits per heavy atom. The van der Waals surface area contributed by atoms with Gasteiger partial charge in [-0.1, -0.05) is 5.16 Å². The third kappa shape index (κ3) is 4.40. The Morgan fingerprint density at radius 3 is 2.67 bits per heavy atom. The molecule has 0 N–H and O–H groups in total. The first-order valence-corrected chi connectivity index (χ1v) is 9.50. The molecule has 2 fully saturated rings. The molecule has 0 atom stereocenters. The lowest BCUT2D eigenvalue weighted by molar-refractivity contribution is 0.0137. The van der Waals surface area contributed by atoms with E-state index in [1.54, 1.807) is 24.5 Å². The van der Waals surface area contributed by atoms with Crippen LogP contribution in [-0.2, 0) is 9.47 Å². The summed E-state index contributed by atoms with van der Waals surface area (Å²) >= 11 is 0. The summed E-state index contributed by atoms with van der Waals surface area (Å²) in [6.07, 6.45) is 3.26. The largest absolute Gasteiger partial charge is 0.461 e. The minimum absolute atomic E-state index is 0.100. The van der Waals surface area contributed by atoms with Crippen LogP contribution in [0.4, 0.5) is 0 Å². The second-order valence-electron chi connectivity index (χ2n) is 6.85. The molecule has 0 bridgehead atoms. The Labute approximate surface area is 158 Å². The molecule has 0 aliphatic carbocycles. The summed E-state index contributed by atoms with van der Waals surface area (Å²) in [4.78, 5) is 17.5. The van der Waals surface area contributed by atoms with Crippen LogP contribution in [-0.4, -0.2) is 79.5 Å². The third-order valence-corrected chi connectivity index (χ3v) is 5.15. The van der Waals surface area contributed by atoms with E-state index in [9.17, 15) is 4.79 Å². The molecule has 8 nitrogen and oxygen atoms in total. The van der Waals surface area contributed by atoms with Gasteiger partial charge in [0.2, 0.25) is 5.76 Å². The van der Waals surface area contributed by atoms with E-state index >= 15 is 0 Å². The SMILES string of the molecule is O=C(c1cc(-c2ccco2)on1)N(CCN1CCOCC1)C1CCOCC1. The fourth-order valence-corrected chi connectivity index (χ4v) is 3.58. The molecule has 0 unspecified atom stereocenters. The number of carbonyl (C=O) groups excluding carboxylic acids is 1. The van der Waals surface area contributed by atoms with Gasteiger partial charge in [0.05, 0.1) is 19.5 Å². The number of nitrogens with zero attached hydrogens (tertiary/aromatic N) is 3. The zero-order valence-corrected chi connectivity index (χ0v) is 15.3. The van der Waals surface area contributed by atoms with E-state index in [-0.39, 0.29) is 11.9 Å². The molecule has 2 aliphatic rings. The van der Waals surface area contributed by atoms with Gasteiger partial charge in [-0.2, -0.15) is 0 Å². The van der Waals surface area contributed by atoms with E-state index < -0.39 is 0 Å². The van der Waals surface area contributed by atoms with Crippen molar-refractivity contribution in [3.05, 3.63) is 30.2 Å². The van der Waals surface area contributed by atoms with Crippen molar-refractivity contribution < 1.29 is 23.2 Å². The normalized spacial score (nSPS) is 19.3. The van der Waals surface area contributed by atoms with Gasteiger partial charge in [-0.3, -0.25) is 9.69 Å². The number of hydrogen-bond acceptors (Lipinski definition) is 7. The smallest absolute Gasteiger partial charge is 0.276 e. The zero-order chi connectivity index (χ0) is 18.5. The first-order chi connectivity index (χ1) is 13.3. The number of amides is 1. The Hall–Kier alpha value is -2.16. The van der Waals surface area contributed by atoms with Crippen LogP contribution >= 0.6 is 0 Å². The average molecular weight is 375 g/mol. The molecular weight excluding hydrogens is 350 g/mol. The van der Waals surface area contributed by atoms with Crippen molar-refractivity contribution in [1.29, 1.82) is 0 Å². The Balaban J connectivity index is 1.47.